The van der Waals surface area contributed by atoms with Crippen LogP contribution in [0.5, 0.6) is 0 Å². The number of carbonyl (C=O) groups excluding carboxylic acids is 1. The summed E-state index contributed by atoms with van der Waals surface area (Å²) in [5.74, 6) is 1.26. The van der Waals surface area contributed by atoms with E-state index < -0.39 is 0 Å². The van der Waals surface area contributed by atoms with E-state index in [0.29, 0.717) is 23.3 Å². The van der Waals surface area contributed by atoms with Crippen molar-refractivity contribution in [2.45, 2.75) is 44.6 Å². The summed E-state index contributed by atoms with van der Waals surface area (Å²) in [6, 6.07) is 3.90. The first kappa shape index (κ1) is 12.5. The average molecular weight is 259 g/mol. The van der Waals surface area contributed by atoms with Crippen LogP contribution in [0.15, 0.2) is 18.3 Å². The number of hydrogen-bond donors (Lipinski definition) is 1. The molecule has 0 radical (unpaired) electrons. The monoisotopic (exact) mass is 259 g/mol. The Morgan fingerprint density at radius 3 is 2.79 bits per heavy atom. The first-order valence-electron chi connectivity index (χ1n) is 7.28. The molecule has 1 saturated carbocycles. The first-order valence-corrected chi connectivity index (χ1v) is 7.28. The number of pyridine rings is 1. The Balaban J connectivity index is 1.78. The molecule has 4 nitrogen and oxygen atoms in total. The molecule has 0 aromatic carbocycles. The minimum Gasteiger partial charge on any atom is -0.384 e. The molecule has 1 aromatic rings. The lowest BCUT2D eigenvalue weighted by molar-refractivity contribution is 0.0689. The number of hydrogen-bond acceptors (Lipinski definition) is 3. The van der Waals surface area contributed by atoms with Gasteiger partial charge in [-0.2, -0.15) is 0 Å². The maximum Gasteiger partial charge on any atom is 0.254 e. The third-order valence-corrected chi connectivity index (χ3v) is 4.53. The largest absolute Gasteiger partial charge is 0.384 e. The maximum absolute atomic E-state index is 12.6. The van der Waals surface area contributed by atoms with Crippen LogP contribution in [0.25, 0.3) is 0 Å². The number of anilines is 1. The fourth-order valence-electron chi connectivity index (χ4n) is 3.62. The number of nitrogen functional groups attached to an aromatic ring is 1. The summed E-state index contributed by atoms with van der Waals surface area (Å²) in [7, 11) is 0. The van der Waals surface area contributed by atoms with Crippen molar-refractivity contribution in [1.82, 2.24) is 9.88 Å². The highest BCUT2D eigenvalue weighted by molar-refractivity contribution is 5.95. The molecule has 2 N–H and O–H groups in total. The molecule has 1 aliphatic heterocycles. The van der Waals surface area contributed by atoms with Crippen LogP contribution in [0, 0.1) is 5.92 Å². The third-order valence-electron chi connectivity index (χ3n) is 4.53. The lowest BCUT2D eigenvalue weighted by Gasteiger charge is -2.29. The van der Waals surface area contributed by atoms with Gasteiger partial charge in [0.15, 0.2) is 0 Å². The highest BCUT2D eigenvalue weighted by Gasteiger charge is 2.36. The second-order valence-corrected chi connectivity index (χ2v) is 5.72. The molecule has 1 aromatic heterocycles. The van der Waals surface area contributed by atoms with Crippen molar-refractivity contribution in [3.05, 3.63) is 23.9 Å². The molecule has 1 saturated heterocycles. The van der Waals surface area contributed by atoms with Crippen LogP contribution in [-0.4, -0.2) is 28.4 Å². The van der Waals surface area contributed by atoms with E-state index >= 15 is 0 Å². The van der Waals surface area contributed by atoms with E-state index in [0.717, 1.165) is 19.4 Å². The van der Waals surface area contributed by atoms with Crippen molar-refractivity contribution in [3.8, 4) is 0 Å². The van der Waals surface area contributed by atoms with E-state index in [9.17, 15) is 4.79 Å². The van der Waals surface area contributed by atoms with Gasteiger partial charge in [0.2, 0.25) is 0 Å². The number of carbonyl (C=O) groups is 1. The molecular weight excluding hydrogens is 238 g/mol. The van der Waals surface area contributed by atoms with E-state index in [2.05, 4.69) is 9.88 Å². The van der Waals surface area contributed by atoms with E-state index in [4.69, 9.17) is 5.73 Å². The molecule has 2 aliphatic rings. The standard InChI is InChI=1S/C15H21N3O/c16-14-10-12(7-8-17-14)15(19)18-9-3-6-13(18)11-4-1-2-5-11/h7-8,10-11,13H,1-6,9H2,(H2,16,17). The fourth-order valence-corrected chi connectivity index (χ4v) is 3.62. The van der Waals surface area contributed by atoms with Gasteiger partial charge in [0.05, 0.1) is 0 Å². The van der Waals surface area contributed by atoms with Crippen LogP contribution >= 0.6 is 0 Å². The van der Waals surface area contributed by atoms with Gasteiger partial charge in [-0.1, -0.05) is 12.8 Å². The molecule has 2 heterocycles. The molecule has 0 spiro atoms. The third kappa shape index (κ3) is 2.44. The smallest absolute Gasteiger partial charge is 0.254 e. The normalized spacial score (nSPS) is 24.0. The summed E-state index contributed by atoms with van der Waals surface area (Å²) in [6.07, 6.45) is 9.13. The van der Waals surface area contributed by atoms with Gasteiger partial charge >= 0.3 is 0 Å². The molecule has 1 amide bonds. The van der Waals surface area contributed by atoms with Crippen molar-refractivity contribution in [1.29, 1.82) is 0 Å². The quantitative estimate of drug-likeness (QED) is 0.887. The molecule has 1 unspecified atom stereocenters. The molecule has 3 rings (SSSR count). The Kier molecular flexibility index (Phi) is 3.40. The van der Waals surface area contributed by atoms with Crippen LogP contribution in [0.4, 0.5) is 5.82 Å². The minimum absolute atomic E-state index is 0.128. The van der Waals surface area contributed by atoms with Gasteiger partial charge in [0.1, 0.15) is 5.82 Å². The second-order valence-electron chi connectivity index (χ2n) is 5.72. The van der Waals surface area contributed by atoms with E-state index in [1.807, 2.05) is 0 Å². The lowest BCUT2D eigenvalue weighted by Crippen LogP contribution is -2.39. The molecular formula is C15H21N3O. The summed E-state index contributed by atoms with van der Waals surface area (Å²) in [4.78, 5) is 18.6. The molecule has 19 heavy (non-hydrogen) atoms. The highest BCUT2D eigenvalue weighted by atomic mass is 16.2. The van der Waals surface area contributed by atoms with Crippen molar-refractivity contribution >= 4 is 11.7 Å². The van der Waals surface area contributed by atoms with E-state index in [1.54, 1.807) is 18.3 Å². The Morgan fingerprint density at radius 1 is 1.26 bits per heavy atom. The van der Waals surface area contributed by atoms with Crippen molar-refractivity contribution in [2.75, 3.05) is 12.3 Å². The van der Waals surface area contributed by atoms with E-state index in [-0.39, 0.29) is 5.91 Å². The van der Waals surface area contributed by atoms with Gasteiger partial charge in [0.25, 0.3) is 5.91 Å². The summed E-state index contributed by atoms with van der Waals surface area (Å²) in [5.41, 5.74) is 6.35. The number of rotatable bonds is 2. The molecule has 1 atom stereocenters. The highest BCUT2D eigenvalue weighted by Crippen LogP contribution is 2.36. The lowest BCUT2D eigenvalue weighted by atomic mass is 9.95. The Bertz CT molecular complexity index is 468. The van der Waals surface area contributed by atoms with Gasteiger partial charge in [-0.25, -0.2) is 4.98 Å². The predicted molar refractivity (Wildman–Crippen MR) is 74.7 cm³/mol. The molecule has 2 fully saturated rings. The number of nitrogens with zero attached hydrogens (tertiary/aromatic N) is 2. The van der Waals surface area contributed by atoms with Gasteiger partial charge in [0, 0.05) is 24.3 Å². The molecule has 1 aliphatic carbocycles. The SMILES string of the molecule is Nc1cc(C(=O)N2CCCC2C2CCCC2)ccn1. The Morgan fingerprint density at radius 2 is 2.05 bits per heavy atom. The Hall–Kier alpha value is -1.58. The number of likely N-dealkylation sites (tertiary alicyclic amines) is 1. The summed E-state index contributed by atoms with van der Waals surface area (Å²) < 4.78 is 0. The van der Waals surface area contributed by atoms with Crippen LogP contribution in [0.2, 0.25) is 0 Å². The summed E-state index contributed by atoms with van der Waals surface area (Å²) in [5, 5.41) is 0. The van der Waals surface area contributed by atoms with Crippen LogP contribution in [0.1, 0.15) is 48.9 Å². The maximum atomic E-state index is 12.6. The van der Waals surface area contributed by atoms with Gasteiger partial charge in [-0.15, -0.1) is 0 Å². The van der Waals surface area contributed by atoms with Crippen LogP contribution < -0.4 is 5.73 Å². The van der Waals surface area contributed by atoms with Gasteiger partial charge in [-0.3, -0.25) is 4.79 Å². The first-order chi connectivity index (χ1) is 9.25. The summed E-state index contributed by atoms with van der Waals surface area (Å²) >= 11 is 0. The topological polar surface area (TPSA) is 59.2 Å². The number of amides is 1. The number of nitrogens with two attached hydrogens (primary N) is 1. The molecule has 102 valence electrons. The zero-order chi connectivity index (χ0) is 13.2. The number of aromatic nitrogens is 1. The van der Waals surface area contributed by atoms with Gasteiger partial charge in [-0.05, 0) is 43.7 Å². The predicted octanol–water partition coefficient (Wildman–Crippen LogP) is 2.46. The van der Waals surface area contributed by atoms with Crippen molar-refractivity contribution in [3.63, 3.8) is 0 Å². The van der Waals surface area contributed by atoms with Crippen LogP contribution in [-0.2, 0) is 0 Å². The van der Waals surface area contributed by atoms with Crippen molar-refractivity contribution < 1.29 is 4.79 Å². The second kappa shape index (κ2) is 5.19. The zero-order valence-electron chi connectivity index (χ0n) is 11.2. The molecule has 4 heteroatoms. The Labute approximate surface area is 114 Å². The average Bonchev–Trinajstić information content (AvgIpc) is 3.08. The minimum atomic E-state index is 0.128. The summed E-state index contributed by atoms with van der Waals surface area (Å²) in [6.45, 7) is 0.891. The van der Waals surface area contributed by atoms with Crippen molar-refractivity contribution in [2.24, 2.45) is 5.92 Å². The molecule has 0 bridgehead atoms. The zero-order valence-corrected chi connectivity index (χ0v) is 11.2. The van der Waals surface area contributed by atoms with Gasteiger partial charge < -0.3 is 10.6 Å². The fraction of sp³-hybridized carbons (Fsp3) is 0.600. The van der Waals surface area contributed by atoms with Crippen LogP contribution in [0.3, 0.4) is 0 Å². The van der Waals surface area contributed by atoms with E-state index in [1.165, 1.54) is 25.7 Å².